The van der Waals surface area contributed by atoms with Gasteiger partial charge in [0.2, 0.25) is 10.0 Å². The number of aliphatic hydroxyl groups is 1. The molecule has 0 radical (unpaired) electrons. The van der Waals surface area contributed by atoms with Gasteiger partial charge >= 0.3 is 0 Å². The Bertz CT molecular complexity index is 546. The van der Waals surface area contributed by atoms with Crippen LogP contribution < -0.4 is 9.62 Å². The molecule has 2 rings (SSSR count). The molecule has 2 atom stereocenters. The number of sulfonamides is 1. The lowest BCUT2D eigenvalue weighted by Gasteiger charge is -2.23. The van der Waals surface area contributed by atoms with Crippen molar-refractivity contribution in [2.45, 2.75) is 23.5 Å². The molecule has 2 heterocycles. The molecule has 20 heavy (non-hydrogen) atoms. The molecule has 0 aromatic carbocycles. The number of nitrogens with zero attached hydrogens (tertiary/aromatic N) is 2. The third-order valence-corrected chi connectivity index (χ3v) is 4.91. The average molecular weight is 301 g/mol. The van der Waals surface area contributed by atoms with Crippen molar-refractivity contribution in [1.82, 2.24) is 9.71 Å². The van der Waals surface area contributed by atoms with Gasteiger partial charge in [0.05, 0.1) is 18.8 Å². The Morgan fingerprint density at radius 2 is 2.30 bits per heavy atom. The van der Waals surface area contributed by atoms with Crippen LogP contribution in [-0.2, 0) is 14.8 Å². The number of rotatable bonds is 5. The van der Waals surface area contributed by atoms with Crippen molar-refractivity contribution in [3.05, 3.63) is 18.3 Å². The minimum absolute atomic E-state index is 0.0120. The van der Waals surface area contributed by atoms with Gasteiger partial charge < -0.3 is 14.7 Å². The fourth-order valence-corrected chi connectivity index (χ4v) is 2.99. The zero-order valence-electron chi connectivity index (χ0n) is 11.5. The number of hydrogen-bond acceptors (Lipinski definition) is 6. The van der Waals surface area contributed by atoms with E-state index in [2.05, 4.69) is 9.71 Å². The van der Waals surface area contributed by atoms with E-state index < -0.39 is 10.0 Å². The minimum Gasteiger partial charge on any atom is -0.394 e. The van der Waals surface area contributed by atoms with Gasteiger partial charge in [0.1, 0.15) is 10.7 Å². The Kier molecular flexibility index (Phi) is 4.59. The average Bonchev–Trinajstić information content (AvgIpc) is 2.90. The number of aromatic nitrogens is 1. The molecule has 0 amide bonds. The second-order valence-corrected chi connectivity index (χ2v) is 6.53. The van der Waals surface area contributed by atoms with Crippen molar-refractivity contribution in [1.29, 1.82) is 0 Å². The highest BCUT2D eigenvalue weighted by atomic mass is 32.2. The number of methoxy groups -OCH3 is 1. The summed E-state index contributed by atoms with van der Waals surface area (Å²) in [5, 5.41) is 9.40. The number of ether oxygens (including phenoxy) is 1. The van der Waals surface area contributed by atoms with Crippen molar-refractivity contribution in [2.24, 2.45) is 0 Å². The number of nitrogens with one attached hydrogen (secondary N) is 1. The van der Waals surface area contributed by atoms with Gasteiger partial charge in [0.15, 0.2) is 0 Å². The highest BCUT2D eigenvalue weighted by Gasteiger charge is 2.32. The van der Waals surface area contributed by atoms with Crippen molar-refractivity contribution in [2.75, 3.05) is 32.2 Å². The van der Waals surface area contributed by atoms with Gasteiger partial charge in [-0.3, -0.25) is 0 Å². The van der Waals surface area contributed by atoms with Crippen LogP contribution in [0, 0.1) is 0 Å². The topological polar surface area (TPSA) is 91.8 Å². The van der Waals surface area contributed by atoms with Gasteiger partial charge in [-0.1, -0.05) is 0 Å². The normalized spacial score (nSPS) is 23.2. The van der Waals surface area contributed by atoms with E-state index in [1.165, 1.54) is 19.3 Å². The third-order valence-electron chi connectivity index (χ3n) is 3.51. The summed E-state index contributed by atoms with van der Waals surface area (Å²) < 4.78 is 30.8. The molecule has 112 valence electrons. The van der Waals surface area contributed by atoms with Crippen LogP contribution in [0.1, 0.15) is 6.42 Å². The first kappa shape index (κ1) is 15.2. The fourth-order valence-electron chi connectivity index (χ4n) is 2.32. The maximum absolute atomic E-state index is 11.6. The number of pyridine rings is 1. The lowest BCUT2D eigenvalue weighted by molar-refractivity contribution is 0.115. The molecule has 1 aromatic rings. The summed E-state index contributed by atoms with van der Waals surface area (Å²) in [6.07, 6.45) is 2.09. The summed E-state index contributed by atoms with van der Waals surface area (Å²) in [7, 11) is -0.485. The fraction of sp³-hybridized carbons (Fsp3) is 0.583. The summed E-state index contributed by atoms with van der Waals surface area (Å²) in [5.74, 6) is 0.638. The van der Waals surface area contributed by atoms with E-state index in [-0.39, 0.29) is 23.6 Å². The molecule has 1 saturated heterocycles. The monoisotopic (exact) mass is 301 g/mol. The van der Waals surface area contributed by atoms with Crippen molar-refractivity contribution >= 4 is 15.8 Å². The number of aliphatic hydroxyl groups excluding tert-OH is 1. The van der Waals surface area contributed by atoms with Crippen LogP contribution in [0.4, 0.5) is 5.82 Å². The predicted molar refractivity (Wildman–Crippen MR) is 74.1 cm³/mol. The van der Waals surface area contributed by atoms with E-state index in [0.717, 1.165) is 6.42 Å². The molecule has 8 heteroatoms. The molecular weight excluding hydrogens is 282 g/mol. The van der Waals surface area contributed by atoms with Crippen molar-refractivity contribution in [3.63, 3.8) is 0 Å². The van der Waals surface area contributed by atoms with Crippen LogP contribution in [0.15, 0.2) is 23.2 Å². The van der Waals surface area contributed by atoms with Crippen LogP contribution in [0.3, 0.4) is 0 Å². The molecule has 1 fully saturated rings. The maximum Gasteiger partial charge on any atom is 0.241 e. The predicted octanol–water partition coefficient (Wildman–Crippen LogP) is -0.424. The second-order valence-electron chi connectivity index (χ2n) is 4.64. The third kappa shape index (κ3) is 2.93. The van der Waals surface area contributed by atoms with E-state index in [4.69, 9.17) is 4.74 Å². The molecule has 7 nitrogen and oxygen atoms in total. The minimum atomic E-state index is -3.48. The van der Waals surface area contributed by atoms with E-state index in [0.29, 0.717) is 12.4 Å². The molecular formula is C12H19N3O4S. The molecule has 1 aliphatic rings. The lowest BCUT2D eigenvalue weighted by Crippen LogP contribution is -2.33. The summed E-state index contributed by atoms with van der Waals surface area (Å²) in [6, 6.07) is 3.09. The van der Waals surface area contributed by atoms with Crippen molar-refractivity contribution in [3.8, 4) is 0 Å². The molecule has 2 N–H and O–H groups in total. The zero-order chi connectivity index (χ0) is 14.8. The number of hydrogen-bond donors (Lipinski definition) is 2. The Hall–Kier alpha value is -1.22. The van der Waals surface area contributed by atoms with Gasteiger partial charge in [-0.05, 0) is 25.6 Å². The highest BCUT2D eigenvalue weighted by molar-refractivity contribution is 7.89. The van der Waals surface area contributed by atoms with Gasteiger partial charge in [-0.2, -0.15) is 0 Å². The summed E-state index contributed by atoms with van der Waals surface area (Å²) >= 11 is 0. The van der Waals surface area contributed by atoms with Crippen LogP contribution in [0.2, 0.25) is 0 Å². The molecule has 1 aliphatic heterocycles. The lowest BCUT2D eigenvalue weighted by atomic mass is 10.2. The van der Waals surface area contributed by atoms with Gasteiger partial charge in [0, 0.05) is 19.9 Å². The first-order chi connectivity index (χ1) is 9.51. The maximum atomic E-state index is 11.6. The standard InChI is InChI=1S/C12H19N3O4S/c1-13-20(17,18)11-3-4-12(14-6-11)15-7-10(19-2)5-9(15)8-16/h3-4,6,9-10,13,16H,5,7-8H2,1-2H3/t9-,10+/m0/s1. The molecule has 0 aliphatic carbocycles. The Labute approximate surface area is 118 Å². The van der Waals surface area contributed by atoms with Gasteiger partial charge in [0.25, 0.3) is 0 Å². The first-order valence-electron chi connectivity index (χ1n) is 6.31. The van der Waals surface area contributed by atoms with Gasteiger partial charge in [-0.25, -0.2) is 18.1 Å². The molecule has 0 unspecified atom stereocenters. The largest absolute Gasteiger partial charge is 0.394 e. The Balaban J connectivity index is 2.22. The van der Waals surface area contributed by atoms with Gasteiger partial charge in [-0.15, -0.1) is 0 Å². The summed E-state index contributed by atoms with van der Waals surface area (Å²) in [6.45, 7) is 0.644. The quantitative estimate of drug-likeness (QED) is 0.767. The zero-order valence-corrected chi connectivity index (χ0v) is 12.3. The summed E-state index contributed by atoms with van der Waals surface area (Å²) in [5.41, 5.74) is 0. The molecule has 0 spiro atoms. The van der Waals surface area contributed by atoms with Crippen LogP contribution >= 0.6 is 0 Å². The molecule has 1 aromatic heterocycles. The van der Waals surface area contributed by atoms with Crippen LogP contribution in [-0.4, -0.2) is 58.0 Å². The summed E-state index contributed by atoms with van der Waals surface area (Å²) in [4.78, 5) is 6.23. The van der Waals surface area contributed by atoms with Crippen LogP contribution in [0.5, 0.6) is 0 Å². The van der Waals surface area contributed by atoms with E-state index in [9.17, 15) is 13.5 Å². The molecule has 0 bridgehead atoms. The van der Waals surface area contributed by atoms with E-state index in [1.54, 1.807) is 13.2 Å². The number of anilines is 1. The van der Waals surface area contributed by atoms with E-state index >= 15 is 0 Å². The Morgan fingerprint density at radius 3 is 2.80 bits per heavy atom. The SMILES string of the molecule is CNS(=O)(=O)c1ccc(N2C[C@H](OC)C[C@H]2CO)nc1. The van der Waals surface area contributed by atoms with Crippen LogP contribution in [0.25, 0.3) is 0 Å². The van der Waals surface area contributed by atoms with E-state index in [1.807, 2.05) is 4.90 Å². The Morgan fingerprint density at radius 1 is 1.55 bits per heavy atom. The molecule has 0 saturated carbocycles. The smallest absolute Gasteiger partial charge is 0.241 e. The first-order valence-corrected chi connectivity index (χ1v) is 7.80. The van der Waals surface area contributed by atoms with Crippen molar-refractivity contribution < 1.29 is 18.3 Å². The second kappa shape index (κ2) is 6.04. The highest BCUT2D eigenvalue weighted by Crippen LogP contribution is 2.25.